The van der Waals surface area contributed by atoms with E-state index in [1.165, 1.54) is 11.0 Å². The summed E-state index contributed by atoms with van der Waals surface area (Å²) >= 11 is 0. The number of sulfone groups is 1. The molecule has 2 aliphatic rings. The van der Waals surface area contributed by atoms with Gasteiger partial charge in [-0.05, 0) is 25.3 Å². The Morgan fingerprint density at radius 1 is 1.50 bits per heavy atom. The van der Waals surface area contributed by atoms with E-state index >= 15 is 0 Å². The van der Waals surface area contributed by atoms with Gasteiger partial charge in [0.15, 0.2) is 9.84 Å². The van der Waals surface area contributed by atoms with Crippen LogP contribution in [0.5, 0.6) is 0 Å². The number of carboxylic acid groups (broad SMARTS) is 1. The lowest BCUT2D eigenvalue weighted by molar-refractivity contribution is -0.148. The van der Waals surface area contributed by atoms with Crippen molar-refractivity contribution >= 4 is 21.8 Å². The molecule has 0 aromatic carbocycles. The van der Waals surface area contributed by atoms with Crippen LogP contribution in [0.2, 0.25) is 0 Å². The topological polar surface area (TPSA) is 104 Å². The van der Waals surface area contributed by atoms with E-state index in [-0.39, 0.29) is 5.75 Å². The van der Waals surface area contributed by atoms with Crippen LogP contribution >= 0.6 is 0 Å². The third kappa shape index (κ3) is 2.52. The molecule has 0 bridgehead atoms. The average molecular weight is 302 g/mol. The lowest BCUT2D eigenvalue weighted by Gasteiger charge is -2.34. The predicted octanol–water partition coefficient (Wildman–Crippen LogP) is 0.336. The predicted molar refractivity (Wildman–Crippen MR) is 71.8 cm³/mol. The minimum atomic E-state index is -3.25. The van der Waals surface area contributed by atoms with Gasteiger partial charge in [-0.2, -0.15) is 0 Å². The van der Waals surface area contributed by atoms with Crippen LogP contribution < -0.4 is 5.32 Å². The minimum Gasteiger partial charge on any atom is -0.479 e. The number of nitrogens with zero attached hydrogens (tertiary/aromatic N) is 1. The van der Waals surface area contributed by atoms with E-state index in [2.05, 4.69) is 5.32 Å². The zero-order valence-electron chi connectivity index (χ0n) is 11.2. The molecule has 2 unspecified atom stereocenters. The number of amides is 2. The number of hydrogen-bond acceptors (Lipinski definition) is 4. The highest BCUT2D eigenvalue weighted by Gasteiger charge is 2.48. The van der Waals surface area contributed by atoms with Gasteiger partial charge in [0, 0.05) is 12.0 Å². The van der Waals surface area contributed by atoms with Gasteiger partial charge in [0.2, 0.25) is 0 Å². The molecule has 1 fully saturated rings. The Kier molecular flexibility index (Phi) is 3.77. The Morgan fingerprint density at radius 2 is 2.20 bits per heavy atom. The molecule has 0 saturated carbocycles. The van der Waals surface area contributed by atoms with Crippen molar-refractivity contribution in [3.05, 3.63) is 11.5 Å². The van der Waals surface area contributed by atoms with Gasteiger partial charge in [-0.25, -0.2) is 18.0 Å². The SMILES string of the molecule is CCC1(C(=O)O)CCCN1C(=O)NC1C=CS(=O)(=O)C1. The summed E-state index contributed by atoms with van der Waals surface area (Å²) < 4.78 is 22.6. The molecule has 0 radical (unpaired) electrons. The van der Waals surface area contributed by atoms with Crippen LogP contribution in [0, 0.1) is 0 Å². The van der Waals surface area contributed by atoms with E-state index in [4.69, 9.17) is 0 Å². The van der Waals surface area contributed by atoms with Crippen molar-refractivity contribution in [2.24, 2.45) is 0 Å². The molecule has 112 valence electrons. The maximum atomic E-state index is 12.2. The van der Waals surface area contributed by atoms with Crippen LogP contribution in [0.15, 0.2) is 11.5 Å². The molecule has 2 rings (SSSR count). The molecule has 0 aliphatic carbocycles. The first-order valence-corrected chi connectivity index (χ1v) is 8.25. The van der Waals surface area contributed by atoms with Crippen LogP contribution in [-0.4, -0.2) is 54.3 Å². The second-order valence-electron chi connectivity index (χ2n) is 5.16. The van der Waals surface area contributed by atoms with Gasteiger partial charge in [0.05, 0.1) is 11.8 Å². The van der Waals surface area contributed by atoms with Crippen LogP contribution in [0.4, 0.5) is 4.79 Å². The van der Waals surface area contributed by atoms with Gasteiger partial charge in [0.25, 0.3) is 0 Å². The maximum Gasteiger partial charge on any atom is 0.329 e. The molecule has 0 aromatic heterocycles. The van der Waals surface area contributed by atoms with Crippen LogP contribution in [0.3, 0.4) is 0 Å². The smallest absolute Gasteiger partial charge is 0.329 e. The first kappa shape index (κ1) is 14.8. The fourth-order valence-electron chi connectivity index (χ4n) is 2.82. The summed E-state index contributed by atoms with van der Waals surface area (Å²) in [7, 11) is -3.25. The Hall–Kier alpha value is -1.57. The normalized spacial score (nSPS) is 31.4. The number of hydrogen-bond donors (Lipinski definition) is 2. The molecular formula is C12H18N2O5S. The van der Waals surface area contributed by atoms with Crippen LogP contribution in [0.1, 0.15) is 26.2 Å². The minimum absolute atomic E-state index is 0.168. The number of urea groups is 1. The maximum absolute atomic E-state index is 12.2. The van der Waals surface area contributed by atoms with Crippen molar-refractivity contribution in [2.45, 2.75) is 37.8 Å². The fraction of sp³-hybridized carbons (Fsp3) is 0.667. The molecule has 1 saturated heterocycles. The average Bonchev–Trinajstić information content (AvgIpc) is 2.93. The molecule has 2 heterocycles. The lowest BCUT2D eigenvalue weighted by Crippen LogP contribution is -2.57. The monoisotopic (exact) mass is 302 g/mol. The summed E-state index contributed by atoms with van der Waals surface area (Å²) in [5.41, 5.74) is -1.18. The largest absolute Gasteiger partial charge is 0.479 e. The second kappa shape index (κ2) is 5.08. The summed E-state index contributed by atoms with van der Waals surface area (Å²) in [6, 6.07) is -1.10. The first-order chi connectivity index (χ1) is 9.31. The molecule has 20 heavy (non-hydrogen) atoms. The second-order valence-corrected chi connectivity index (χ2v) is 7.09. The molecule has 7 nitrogen and oxygen atoms in total. The van der Waals surface area contributed by atoms with Crippen molar-refractivity contribution < 1.29 is 23.1 Å². The van der Waals surface area contributed by atoms with Crippen molar-refractivity contribution in [2.75, 3.05) is 12.3 Å². The zero-order valence-corrected chi connectivity index (χ0v) is 12.0. The molecule has 2 amide bonds. The quantitative estimate of drug-likeness (QED) is 0.782. The van der Waals surface area contributed by atoms with Crippen molar-refractivity contribution in [3.8, 4) is 0 Å². The number of rotatable bonds is 3. The van der Waals surface area contributed by atoms with Gasteiger partial charge in [0.1, 0.15) is 5.54 Å². The first-order valence-electron chi connectivity index (χ1n) is 6.53. The number of nitrogens with one attached hydrogen (secondary N) is 1. The molecule has 2 aliphatic heterocycles. The van der Waals surface area contributed by atoms with Gasteiger partial charge >= 0.3 is 12.0 Å². The van der Waals surface area contributed by atoms with Gasteiger partial charge < -0.3 is 15.3 Å². The Morgan fingerprint density at radius 3 is 2.70 bits per heavy atom. The molecular weight excluding hydrogens is 284 g/mol. The Labute approximate surface area is 117 Å². The molecule has 2 N–H and O–H groups in total. The number of likely N-dealkylation sites (tertiary alicyclic amines) is 1. The highest BCUT2D eigenvalue weighted by atomic mass is 32.2. The van der Waals surface area contributed by atoms with Gasteiger partial charge in [-0.3, -0.25) is 0 Å². The van der Waals surface area contributed by atoms with Gasteiger partial charge in [-0.1, -0.05) is 6.92 Å². The number of aliphatic carboxylic acids is 1. The standard InChI is InChI=1S/C12H18N2O5S/c1-2-12(10(15)16)5-3-6-14(12)11(17)13-9-4-7-20(18,19)8-9/h4,7,9H,2-3,5-6,8H2,1H3,(H,13,17)(H,15,16). The Bertz CT molecular complexity index is 556. The number of carbonyl (C=O) groups is 2. The highest BCUT2D eigenvalue weighted by Crippen LogP contribution is 2.32. The summed E-state index contributed by atoms with van der Waals surface area (Å²) in [6.45, 7) is 2.11. The third-order valence-corrected chi connectivity index (χ3v) is 5.35. The molecule has 0 aromatic rings. The summed E-state index contributed by atoms with van der Waals surface area (Å²) in [6.07, 6.45) is 2.80. The van der Waals surface area contributed by atoms with E-state index in [0.717, 1.165) is 5.41 Å². The number of carboxylic acids is 1. The fourth-order valence-corrected chi connectivity index (χ4v) is 4.05. The zero-order chi connectivity index (χ0) is 15.0. The van der Waals surface area contributed by atoms with Crippen LogP contribution in [-0.2, 0) is 14.6 Å². The third-order valence-electron chi connectivity index (χ3n) is 3.96. The van der Waals surface area contributed by atoms with E-state index in [1.807, 2.05) is 0 Å². The molecule has 8 heteroatoms. The Balaban J connectivity index is 2.09. The molecule has 2 atom stereocenters. The van der Waals surface area contributed by atoms with E-state index in [0.29, 0.717) is 25.8 Å². The van der Waals surface area contributed by atoms with Crippen molar-refractivity contribution in [3.63, 3.8) is 0 Å². The summed E-state index contributed by atoms with van der Waals surface area (Å²) in [4.78, 5) is 25.0. The highest BCUT2D eigenvalue weighted by molar-refractivity contribution is 7.94. The number of carbonyl (C=O) groups excluding carboxylic acids is 1. The summed E-state index contributed by atoms with van der Waals surface area (Å²) in [5.74, 6) is -1.18. The van der Waals surface area contributed by atoms with E-state index in [1.54, 1.807) is 6.92 Å². The van der Waals surface area contributed by atoms with E-state index in [9.17, 15) is 23.1 Å². The lowest BCUT2D eigenvalue weighted by atomic mass is 9.93. The summed E-state index contributed by atoms with van der Waals surface area (Å²) in [5, 5.41) is 13.0. The van der Waals surface area contributed by atoms with Crippen molar-refractivity contribution in [1.82, 2.24) is 10.2 Å². The van der Waals surface area contributed by atoms with Gasteiger partial charge in [-0.15, -0.1) is 0 Å². The van der Waals surface area contributed by atoms with E-state index < -0.39 is 33.4 Å². The van der Waals surface area contributed by atoms with Crippen molar-refractivity contribution in [1.29, 1.82) is 0 Å². The van der Waals surface area contributed by atoms with Crippen LogP contribution in [0.25, 0.3) is 0 Å². The molecule has 0 spiro atoms.